The zero-order valence-corrected chi connectivity index (χ0v) is 9.96. The molecule has 0 aromatic heterocycles. The fraction of sp³-hybridized carbons (Fsp3) is 1.00. The van der Waals surface area contributed by atoms with E-state index in [0.29, 0.717) is 6.61 Å². The van der Waals surface area contributed by atoms with Crippen molar-refractivity contribution in [1.29, 1.82) is 0 Å². The summed E-state index contributed by atoms with van der Waals surface area (Å²) in [5, 5.41) is 0. The van der Waals surface area contributed by atoms with Gasteiger partial charge in [0.15, 0.2) is 0 Å². The average molecular weight is 224 g/mol. The quantitative estimate of drug-likeness (QED) is 0.483. The van der Waals surface area contributed by atoms with Gasteiger partial charge in [-0.15, -0.1) is 0 Å². The molecule has 5 heteroatoms. The Kier molecular flexibility index (Phi) is 8.49. The van der Waals surface area contributed by atoms with Crippen LogP contribution in [0.15, 0.2) is 0 Å². The molecule has 1 atom stereocenters. The van der Waals surface area contributed by atoms with Crippen LogP contribution in [-0.2, 0) is 13.6 Å². The maximum absolute atomic E-state index is 10.8. The summed E-state index contributed by atoms with van der Waals surface area (Å²) in [6, 6.07) is 0. The van der Waals surface area contributed by atoms with Crippen molar-refractivity contribution in [2.75, 3.05) is 13.7 Å². The Morgan fingerprint density at radius 2 is 1.71 bits per heavy atom. The fourth-order valence-electron chi connectivity index (χ4n) is 1.12. The molecule has 0 rings (SSSR count). The van der Waals surface area contributed by atoms with E-state index in [1.807, 2.05) is 0 Å². The first-order valence-electron chi connectivity index (χ1n) is 5.15. The Labute approximate surface area is 86.2 Å². The summed E-state index contributed by atoms with van der Waals surface area (Å²) in [6.07, 6.45) is 6.75. The monoisotopic (exact) mass is 224 g/mol. The third-order valence-electron chi connectivity index (χ3n) is 1.98. The van der Waals surface area contributed by atoms with E-state index in [0.717, 1.165) is 12.8 Å². The molecule has 0 fully saturated rings. The zero-order valence-electron chi connectivity index (χ0n) is 9.07. The Bertz CT molecular complexity index is 172. The second-order valence-corrected chi connectivity index (χ2v) is 4.81. The molecule has 14 heavy (non-hydrogen) atoms. The number of hydrogen-bond donors (Lipinski definition) is 1. The molecule has 0 heterocycles. The predicted molar refractivity (Wildman–Crippen MR) is 56.2 cm³/mol. The third kappa shape index (κ3) is 8.70. The molecule has 1 unspecified atom stereocenters. The van der Waals surface area contributed by atoms with Gasteiger partial charge in [0.1, 0.15) is 0 Å². The van der Waals surface area contributed by atoms with Crippen molar-refractivity contribution in [2.24, 2.45) is 0 Å². The van der Waals surface area contributed by atoms with Crippen LogP contribution in [0.2, 0.25) is 0 Å². The van der Waals surface area contributed by atoms with Crippen LogP contribution in [0.5, 0.6) is 0 Å². The van der Waals surface area contributed by atoms with Gasteiger partial charge in [-0.3, -0.25) is 9.05 Å². The molecule has 0 saturated heterocycles. The van der Waals surface area contributed by atoms with Gasteiger partial charge in [-0.05, 0) is 6.42 Å². The van der Waals surface area contributed by atoms with Crippen LogP contribution in [0.3, 0.4) is 0 Å². The lowest BCUT2D eigenvalue weighted by atomic mass is 10.1. The summed E-state index contributed by atoms with van der Waals surface area (Å²) in [7, 11) is -2.57. The van der Waals surface area contributed by atoms with Gasteiger partial charge < -0.3 is 4.89 Å². The molecule has 0 aliphatic rings. The number of phosphoric ester groups is 1. The summed E-state index contributed by atoms with van der Waals surface area (Å²) in [4.78, 5) is 8.88. The number of hydrogen-bond acceptors (Lipinski definition) is 3. The Hall–Kier alpha value is 0.110. The summed E-state index contributed by atoms with van der Waals surface area (Å²) in [5.74, 6) is 0. The number of phosphoric acid groups is 1. The minimum Gasteiger partial charge on any atom is -0.303 e. The molecule has 0 aromatic carbocycles. The molecule has 4 nitrogen and oxygen atoms in total. The first-order chi connectivity index (χ1) is 6.62. The highest BCUT2D eigenvalue weighted by atomic mass is 31.2. The van der Waals surface area contributed by atoms with Crippen LogP contribution in [-0.4, -0.2) is 18.6 Å². The van der Waals surface area contributed by atoms with Crippen molar-refractivity contribution in [3.63, 3.8) is 0 Å². The Balaban J connectivity index is 3.17. The molecule has 86 valence electrons. The van der Waals surface area contributed by atoms with Crippen LogP contribution in [0.25, 0.3) is 0 Å². The van der Waals surface area contributed by atoms with Crippen LogP contribution in [0.1, 0.15) is 45.4 Å². The highest BCUT2D eigenvalue weighted by molar-refractivity contribution is 7.47. The molecule has 0 aliphatic carbocycles. The highest BCUT2D eigenvalue weighted by Crippen LogP contribution is 2.41. The van der Waals surface area contributed by atoms with E-state index in [9.17, 15) is 4.57 Å². The minimum atomic E-state index is -3.73. The first-order valence-corrected chi connectivity index (χ1v) is 6.65. The van der Waals surface area contributed by atoms with Crippen molar-refractivity contribution >= 4 is 7.82 Å². The van der Waals surface area contributed by atoms with E-state index in [-0.39, 0.29) is 0 Å². The van der Waals surface area contributed by atoms with Gasteiger partial charge in [-0.1, -0.05) is 39.0 Å². The normalized spacial score (nSPS) is 15.4. The minimum absolute atomic E-state index is 0.299. The van der Waals surface area contributed by atoms with Gasteiger partial charge in [-0.2, -0.15) is 0 Å². The lowest BCUT2D eigenvalue weighted by Gasteiger charge is -2.08. The van der Waals surface area contributed by atoms with E-state index in [1.165, 1.54) is 32.8 Å². The molecule has 1 N–H and O–H groups in total. The lowest BCUT2D eigenvalue weighted by molar-refractivity contribution is 0.170. The first kappa shape index (κ1) is 14.1. The predicted octanol–water partition coefficient (Wildman–Crippen LogP) is 3.11. The molecule has 0 aromatic rings. The fourth-order valence-corrected chi connectivity index (χ4v) is 1.58. The molecule has 0 radical (unpaired) electrons. The number of rotatable bonds is 9. The van der Waals surface area contributed by atoms with Gasteiger partial charge in [0.05, 0.1) is 6.61 Å². The summed E-state index contributed by atoms with van der Waals surface area (Å²) in [6.45, 7) is 2.47. The average Bonchev–Trinajstić information content (AvgIpc) is 2.16. The second kappa shape index (κ2) is 8.42. The molecular formula is C9H21O4P. The molecule has 0 aliphatic heterocycles. The van der Waals surface area contributed by atoms with Gasteiger partial charge in [0, 0.05) is 7.11 Å². The molecular weight excluding hydrogens is 203 g/mol. The van der Waals surface area contributed by atoms with Crippen molar-refractivity contribution in [3.8, 4) is 0 Å². The van der Waals surface area contributed by atoms with Crippen LogP contribution in [0, 0.1) is 0 Å². The summed E-state index contributed by atoms with van der Waals surface area (Å²) >= 11 is 0. The molecule has 0 saturated carbocycles. The third-order valence-corrected chi connectivity index (χ3v) is 2.95. The van der Waals surface area contributed by atoms with Gasteiger partial charge in [0.25, 0.3) is 0 Å². The standard InChI is InChI=1S/C9H21O4P/c1-3-4-5-6-7-8-9-13-14(10,11)12-2/h3-9H2,1-2H3,(H,10,11). The van der Waals surface area contributed by atoms with E-state index in [4.69, 9.17) is 4.89 Å². The summed E-state index contributed by atoms with van der Waals surface area (Å²) < 4.78 is 19.8. The summed E-state index contributed by atoms with van der Waals surface area (Å²) in [5.41, 5.74) is 0. The van der Waals surface area contributed by atoms with Gasteiger partial charge in [0.2, 0.25) is 0 Å². The van der Waals surface area contributed by atoms with E-state index < -0.39 is 7.82 Å². The Morgan fingerprint density at radius 1 is 1.14 bits per heavy atom. The van der Waals surface area contributed by atoms with Crippen LogP contribution < -0.4 is 0 Å². The molecule has 0 amide bonds. The van der Waals surface area contributed by atoms with Gasteiger partial charge >= 0.3 is 7.82 Å². The molecule has 0 bridgehead atoms. The highest BCUT2D eigenvalue weighted by Gasteiger charge is 2.16. The van der Waals surface area contributed by atoms with Crippen LogP contribution >= 0.6 is 7.82 Å². The van der Waals surface area contributed by atoms with Gasteiger partial charge in [-0.25, -0.2) is 4.57 Å². The smallest absolute Gasteiger partial charge is 0.303 e. The number of unbranched alkanes of at least 4 members (excludes halogenated alkanes) is 5. The van der Waals surface area contributed by atoms with Crippen LogP contribution in [0.4, 0.5) is 0 Å². The van der Waals surface area contributed by atoms with Crippen molar-refractivity contribution in [3.05, 3.63) is 0 Å². The topological polar surface area (TPSA) is 55.8 Å². The second-order valence-electron chi connectivity index (χ2n) is 3.25. The van der Waals surface area contributed by atoms with Crippen molar-refractivity contribution in [1.82, 2.24) is 0 Å². The Morgan fingerprint density at radius 3 is 2.29 bits per heavy atom. The van der Waals surface area contributed by atoms with Crippen molar-refractivity contribution in [2.45, 2.75) is 45.4 Å². The maximum Gasteiger partial charge on any atom is 0.471 e. The molecule has 0 spiro atoms. The van der Waals surface area contributed by atoms with E-state index in [2.05, 4.69) is 16.0 Å². The maximum atomic E-state index is 10.8. The van der Waals surface area contributed by atoms with E-state index in [1.54, 1.807) is 0 Å². The van der Waals surface area contributed by atoms with E-state index >= 15 is 0 Å². The largest absolute Gasteiger partial charge is 0.471 e. The SMILES string of the molecule is CCCCCCCCOP(=O)(O)OC. The lowest BCUT2D eigenvalue weighted by Crippen LogP contribution is -1.94. The zero-order chi connectivity index (χ0) is 10.9. The van der Waals surface area contributed by atoms with Crippen molar-refractivity contribution < 1.29 is 18.5 Å².